The maximum atomic E-state index is 11.4. The van der Waals surface area contributed by atoms with Gasteiger partial charge in [0.25, 0.3) is 5.56 Å². The van der Waals surface area contributed by atoms with E-state index in [1.165, 1.54) is 0 Å². The zero-order valence-corrected chi connectivity index (χ0v) is 9.18. The number of hydrogen-bond acceptors (Lipinski definition) is 3. The normalized spacial score (nSPS) is 16.7. The number of aromatic nitrogens is 2. The SMILES string of the molecule is O=c1cc(O)nc(C2(c3ccccc3)CC2)[nH]1. The van der Waals surface area contributed by atoms with Crippen LogP contribution in [0.1, 0.15) is 24.2 Å². The second-order valence-electron chi connectivity index (χ2n) is 4.40. The molecule has 1 heterocycles. The Bertz CT molecular complexity index is 600. The van der Waals surface area contributed by atoms with Crippen molar-refractivity contribution in [2.24, 2.45) is 0 Å². The van der Waals surface area contributed by atoms with E-state index in [1.807, 2.05) is 30.3 Å². The van der Waals surface area contributed by atoms with Crippen LogP contribution in [0.2, 0.25) is 0 Å². The third-order valence-electron chi connectivity index (χ3n) is 3.26. The minimum atomic E-state index is -0.310. The molecule has 0 saturated heterocycles. The van der Waals surface area contributed by atoms with Gasteiger partial charge in [0.1, 0.15) is 5.82 Å². The zero-order chi connectivity index (χ0) is 11.9. The van der Waals surface area contributed by atoms with Crippen LogP contribution in [-0.2, 0) is 5.41 Å². The van der Waals surface area contributed by atoms with Gasteiger partial charge < -0.3 is 10.1 Å². The van der Waals surface area contributed by atoms with Crippen molar-refractivity contribution in [1.29, 1.82) is 0 Å². The number of nitrogens with zero attached hydrogens (tertiary/aromatic N) is 1. The fraction of sp³-hybridized carbons (Fsp3) is 0.231. The Morgan fingerprint density at radius 3 is 2.53 bits per heavy atom. The highest BCUT2D eigenvalue weighted by molar-refractivity contribution is 5.39. The second-order valence-corrected chi connectivity index (χ2v) is 4.40. The summed E-state index contributed by atoms with van der Waals surface area (Å²) in [5, 5.41) is 9.40. The summed E-state index contributed by atoms with van der Waals surface area (Å²) in [6.07, 6.45) is 1.90. The van der Waals surface area contributed by atoms with E-state index in [4.69, 9.17) is 0 Å². The van der Waals surface area contributed by atoms with Gasteiger partial charge in [-0.25, -0.2) is 0 Å². The lowest BCUT2D eigenvalue weighted by molar-refractivity contribution is 0.445. The summed E-state index contributed by atoms with van der Waals surface area (Å²) in [7, 11) is 0. The van der Waals surface area contributed by atoms with Crippen molar-refractivity contribution in [3.8, 4) is 5.88 Å². The van der Waals surface area contributed by atoms with Gasteiger partial charge in [0.15, 0.2) is 0 Å². The number of H-pyrrole nitrogens is 1. The summed E-state index contributed by atoms with van der Waals surface area (Å²) >= 11 is 0. The van der Waals surface area contributed by atoms with Gasteiger partial charge >= 0.3 is 0 Å². The smallest absolute Gasteiger partial charge is 0.254 e. The second kappa shape index (κ2) is 3.45. The molecule has 4 nitrogen and oxygen atoms in total. The molecule has 2 N–H and O–H groups in total. The third kappa shape index (κ3) is 1.62. The summed E-state index contributed by atoms with van der Waals surface area (Å²) in [5.41, 5.74) is 0.613. The Balaban J connectivity index is 2.12. The molecule has 1 aliphatic rings. The summed E-state index contributed by atoms with van der Waals surface area (Å²) in [6, 6.07) is 11.0. The van der Waals surface area contributed by atoms with Crippen molar-refractivity contribution in [3.63, 3.8) is 0 Å². The van der Waals surface area contributed by atoms with E-state index >= 15 is 0 Å². The van der Waals surface area contributed by atoms with E-state index in [9.17, 15) is 9.90 Å². The molecule has 0 bridgehead atoms. The molecule has 1 aliphatic carbocycles. The molecule has 1 aromatic heterocycles. The highest BCUT2D eigenvalue weighted by Gasteiger charge is 2.48. The highest BCUT2D eigenvalue weighted by atomic mass is 16.3. The number of hydrogen-bond donors (Lipinski definition) is 2. The van der Waals surface area contributed by atoms with Crippen molar-refractivity contribution >= 4 is 0 Å². The third-order valence-corrected chi connectivity index (χ3v) is 3.26. The Hall–Kier alpha value is -2.10. The Morgan fingerprint density at radius 1 is 1.24 bits per heavy atom. The molecule has 2 aromatic rings. The maximum Gasteiger partial charge on any atom is 0.254 e. The standard InChI is InChI=1S/C13H12N2O2/c16-10-8-11(17)15-12(14-10)13(6-7-13)9-4-2-1-3-5-9/h1-5,8H,6-7H2,(H2,14,15,16,17). The molecule has 3 rings (SSSR count). The minimum Gasteiger partial charge on any atom is -0.493 e. The maximum absolute atomic E-state index is 11.4. The number of aromatic amines is 1. The van der Waals surface area contributed by atoms with Crippen LogP contribution >= 0.6 is 0 Å². The summed E-state index contributed by atoms with van der Waals surface area (Å²) in [4.78, 5) is 18.1. The van der Waals surface area contributed by atoms with E-state index in [0.717, 1.165) is 24.5 Å². The molecular formula is C13H12N2O2. The molecule has 0 unspecified atom stereocenters. The Morgan fingerprint density at radius 2 is 1.94 bits per heavy atom. The molecule has 1 saturated carbocycles. The predicted molar refractivity (Wildman–Crippen MR) is 63.0 cm³/mol. The fourth-order valence-corrected chi connectivity index (χ4v) is 2.22. The number of aromatic hydroxyl groups is 1. The van der Waals surface area contributed by atoms with Crippen LogP contribution in [0.25, 0.3) is 0 Å². The molecule has 0 atom stereocenters. The fourth-order valence-electron chi connectivity index (χ4n) is 2.22. The lowest BCUT2D eigenvalue weighted by Gasteiger charge is -2.14. The van der Waals surface area contributed by atoms with Gasteiger partial charge in [-0.2, -0.15) is 4.98 Å². The first-order chi connectivity index (χ1) is 8.21. The lowest BCUT2D eigenvalue weighted by Crippen LogP contribution is -2.18. The van der Waals surface area contributed by atoms with Crippen molar-refractivity contribution in [2.75, 3.05) is 0 Å². The highest BCUT2D eigenvalue weighted by Crippen LogP contribution is 2.51. The van der Waals surface area contributed by atoms with Crippen LogP contribution in [0.5, 0.6) is 5.88 Å². The van der Waals surface area contributed by atoms with Crippen LogP contribution < -0.4 is 5.56 Å². The van der Waals surface area contributed by atoms with Crippen molar-refractivity contribution in [1.82, 2.24) is 9.97 Å². The zero-order valence-electron chi connectivity index (χ0n) is 9.18. The van der Waals surface area contributed by atoms with Gasteiger partial charge in [-0.05, 0) is 18.4 Å². The molecule has 0 aliphatic heterocycles. The molecular weight excluding hydrogens is 216 g/mol. The van der Waals surface area contributed by atoms with Gasteiger partial charge in [-0.15, -0.1) is 0 Å². The Kier molecular flexibility index (Phi) is 2.04. The molecule has 1 fully saturated rings. The quantitative estimate of drug-likeness (QED) is 0.819. The predicted octanol–water partition coefficient (Wildman–Crippen LogP) is 1.56. The number of rotatable bonds is 2. The first-order valence-electron chi connectivity index (χ1n) is 5.57. The van der Waals surface area contributed by atoms with Gasteiger partial charge in [-0.1, -0.05) is 30.3 Å². The number of nitrogens with one attached hydrogen (secondary N) is 1. The van der Waals surface area contributed by atoms with E-state index in [0.29, 0.717) is 5.82 Å². The van der Waals surface area contributed by atoms with E-state index < -0.39 is 0 Å². The van der Waals surface area contributed by atoms with Crippen LogP contribution in [0, 0.1) is 0 Å². The van der Waals surface area contributed by atoms with Crippen molar-refractivity contribution in [2.45, 2.75) is 18.3 Å². The summed E-state index contributed by atoms with van der Waals surface area (Å²) in [5.74, 6) is 0.347. The topological polar surface area (TPSA) is 66.0 Å². The van der Waals surface area contributed by atoms with Crippen molar-refractivity contribution < 1.29 is 5.11 Å². The van der Waals surface area contributed by atoms with Crippen LogP contribution in [0.15, 0.2) is 41.2 Å². The average Bonchev–Trinajstić information content (AvgIpc) is 3.10. The molecule has 86 valence electrons. The summed E-state index contributed by atoms with van der Waals surface area (Å²) in [6.45, 7) is 0. The molecule has 0 amide bonds. The van der Waals surface area contributed by atoms with E-state index in [2.05, 4.69) is 9.97 Å². The largest absolute Gasteiger partial charge is 0.493 e. The monoisotopic (exact) mass is 228 g/mol. The van der Waals surface area contributed by atoms with Crippen LogP contribution in [0.4, 0.5) is 0 Å². The minimum absolute atomic E-state index is 0.209. The van der Waals surface area contributed by atoms with Crippen LogP contribution in [-0.4, -0.2) is 15.1 Å². The molecule has 1 aromatic carbocycles. The van der Waals surface area contributed by atoms with E-state index in [-0.39, 0.29) is 16.9 Å². The van der Waals surface area contributed by atoms with E-state index in [1.54, 1.807) is 0 Å². The molecule has 0 spiro atoms. The number of benzene rings is 1. The first kappa shape index (κ1) is 10.1. The lowest BCUT2D eigenvalue weighted by atomic mass is 9.95. The van der Waals surface area contributed by atoms with Gasteiger partial charge in [-0.3, -0.25) is 4.79 Å². The first-order valence-corrected chi connectivity index (χ1v) is 5.57. The van der Waals surface area contributed by atoms with Gasteiger partial charge in [0.05, 0.1) is 11.5 Å². The van der Waals surface area contributed by atoms with Crippen molar-refractivity contribution in [3.05, 3.63) is 58.1 Å². The molecule has 4 heteroatoms. The molecule has 17 heavy (non-hydrogen) atoms. The summed E-state index contributed by atoms with van der Waals surface area (Å²) < 4.78 is 0. The van der Waals surface area contributed by atoms with Gasteiger partial charge in [0.2, 0.25) is 5.88 Å². The molecule has 0 radical (unpaired) electrons. The average molecular weight is 228 g/mol. The van der Waals surface area contributed by atoms with Crippen LogP contribution in [0.3, 0.4) is 0 Å². The van der Waals surface area contributed by atoms with Gasteiger partial charge in [0, 0.05) is 0 Å². The Labute approximate surface area is 98.0 Å².